The second kappa shape index (κ2) is 9.79. The van der Waals surface area contributed by atoms with Crippen molar-refractivity contribution in [2.75, 3.05) is 13.2 Å². The molecule has 5 nitrogen and oxygen atoms in total. The van der Waals surface area contributed by atoms with Gasteiger partial charge in [-0.1, -0.05) is 12.1 Å². The van der Waals surface area contributed by atoms with Crippen LogP contribution in [0.4, 0.5) is 4.39 Å². The molecule has 1 aromatic heterocycles. The van der Waals surface area contributed by atoms with Gasteiger partial charge in [-0.3, -0.25) is 4.79 Å². The zero-order valence-corrected chi connectivity index (χ0v) is 19.2. The lowest BCUT2D eigenvalue weighted by atomic mass is 10.0. The van der Waals surface area contributed by atoms with Gasteiger partial charge >= 0.3 is 0 Å². The van der Waals surface area contributed by atoms with Crippen LogP contribution in [0.5, 0.6) is 0 Å². The fourth-order valence-electron chi connectivity index (χ4n) is 3.97. The van der Waals surface area contributed by atoms with Gasteiger partial charge in [0.15, 0.2) is 5.11 Å². The number of ether oxygens (including phenoxy) is 1. The van der Waals surface area contributed by atoms with Gasteiger partial charge in [0, 0.05) is 30.8 Å². The summed E-state index contributed by atoms with van der Waals surface area (Å²) >= 11 is 5.68. The van der Waals surface area contributed by atoms with E-state index in [1.807, 2.05) is 24.0 Å². The summed E-state index contributed by atoms with van der Waals surface area (Å²) < 4.78 is 19.1. The first-order valence-electron chi connectivity index (χ1n) is 10.9. The first kappa shape index (κ1) is 22.4. The predicted octanol–water partition coefficient (Wildman–Crippen LogP) is 4.34. The smallest absolute Gasteiger partial charge is 0.253 e. The number of aryl methyl sites for hydroxylation is 2. The van der Waals surface area contributed by atoms with Crippen LogP contribution < -0.4 is 10.9 Å². The van der Waals surface area contributed by atoms with Crippen molar-refractivity contribution in [1.82, 2.24) is 15.2 Å². The van der Waals surface area contributed by atoms with Crippen LogP contribution in [0.2, 0.25) is 0 Å². The molecule has 0 aliphatic carbocycles. The third-order valence-electron chi connectivity index (χ3n) is 5.98. The lowest BCUT2D eigenvalue weighted by Crippen LogP contribution is -2.42. The second-order valence-corrected chi connectivity index (χ2v) is 8.84. The number of pyridine rings is 1. The quantitative estimate of drug-likeness (QED) is 0.544. The molecule has 2 aromatic carbocycles. The summed E-state index contributed by atoms with van der Waals surface area (Å²) in [6.07, 6.45) is 2.22. The van der Waals surface area contributed by atoms with Gasteiger partial charge < -0.3 is 19.9 Å². The molecular formula is C25H28FN3O2S. The van der Waals surface area contributed by atoms with E-state index < -0.39 is 0 Å². The normalized spacial score (nSPS) is 15.8. The Morgan fingerprint density at radius 3 is 2.66 bits per heavy atom. The minimum Gasteiger partial charge on any atom is -0.376 e. The lowest BCUT2D eigenvalue weighted by molar-refractivity contribution is 0.113. The number of rotatable bonds is 6. The number of aromatic nitrogens is 1. The molecule has 1 aliphatic rings. The molecule has 1 unspecified atom stereocenters. The van der Waals surface area contributed by atoms with E-state index in [1.54, 1.807) is 12.1 Å². The molecule has 4 rings (SSSR count). The molecular weight excluding hydrogens is 425 g/mol. The SMILES string of the molecule is Cc1cc2cc(CN(Cc3ccc(F)cc3)C(=S)NCC3CCCO3)c(=O)[nH]c2cc1C. The number of halogens is 1. The van der Waals surface area contributed by atoms with E-state index in [9.17, 15) is 9.18 Å². The average Bonchev–Trinajstić information content (AvgIpc) is 3.29. The Labute approximate surface area is 192 Å². The molecule has 32 heavy (non-hydrogen) atoms. The Balaban J connectivity index is 1.58. The molecule has 1 fully saturated rings. The number of nitrogens with zero attached hydrogens (tertiary/aromatic N) is 1. The van der Waals surface area contributed by atoms with Gasteiger partial charge in [0.2, 0.25) is 0 Å². The second-order valence-electron chi connectivity index (χ2n) is 8.45. The fraction of sp³-hybridized carbons (Fsp3) is 0.360. The van der Waals surface area contributed by atoms with Crippen LogP contribution >= 0.6 is 12.2 Å². The maximum atomic E-state index is 13.4. The van der Waals surface area contributed by atoms with E-state index in [0.29, 0.717) is 30.3 Å². The van der Waals surface area contributed by atoms with Gasteiger partial charge in [0.05, 0.1) is 12.6 Å². The summed E-state index contributed by atoms with van der Waals surface area (Å²) in [4.78, 5) is 17.8. The third kappa shape index (κ3) is 5.34. The predicted molar refractivity (Wildman–Crippen MR) is 129 cm³/mol. The van der Waals surface area contributed by atoms with E-state index >= 15 is 0 Å². The highest BCUT2D eigenvalue weighted by molar-refractivity contribution is 7.80. The van der Waals surface area contributed by atoms with Crippen LogP contribution in [0.3, 0.4) is 0 Å². The fourth-order valence-corrected chi connectivity index (χ4v) is 4.19. The minimum absolute atomic E-state index is 0.133. The van der Waals surface area contributed by atoms with Crippen LogP contribution in [0, 0.1) is 19.7 Å². The number of aromatic amines is 1. The van der Waals surface area contributed by atoms with E-state index in [4.69, 9.17) is 17.0 Å². The van der Waals surface area contributed by atoms with Crippen LogP contribution in [-0.2, 0) is 17.8 Å². The maximum absolute atomic E-state index is 13.4. The molecule has 3 aromatic rings. The molecule has 168 valence electrons. The highest BCUT2D eigenvalue weighted by atomic mass is 32.1. The number of benzene rings is 2. The number of thiocarbonyl (C=S) groups is 1. The standard InChI is InChI=1S/C25H28FN3O2S/c1-16-10-19-12-20(24(30)28-23(19)11-17(16)2)15-29(14-18-5-7-21(26)8-6-18)25(32)27-13-22-4-3-9-31-22/h5-8,10-12,22H,3-4,9,13-15H2,1-2H3,(H,27,32)(H,28,30). The molecule has 0 amide bonds. The summed E-state index contributed by atoms with van der Waals surface area (Å²) in [5.74, 6) is -0.281. The molecule has 1 saturated heterocycles. The molecule has 0 radical (unpaired) electrons. The Morgan fingerprint density at radius 1 is 1.19 bits per heavy atom. The van der Waals surface area contributed by atoms with Gasteiger partial charge in [0.1, 0.15) is 5.82 Å². The first-order chi connectivity index (χ1) is 15.4. The Hall–Kier alpha value is -2.77. The van der Waals surface area contributed by atoms with Crippen LogP contribution in [-0.4, -0.2) is 34.3 Å². The zero-order valence-electron chi connectivity index (χ0n) is 18.4. The molecule has 1 aliphatic heterocycles. The monoisotopic (exact) mass is 453 g/mol. The van der Waals surface area contributed by atoms with Crippen molar-refractivity contribution < 1.29 is 9.13 Å². The molecule has 2 N–H and O–H groups in total. The highest BCUT2D eigenvalue weighted by Crippen LogP contribution is 2.19. The summed E-state index contributed by atoms with van der Waals surface area (Å²) in [6, 6.07) is 12.4. The van der Waals surface area contributed by atoms with Crippen LogP contribution in [0.25, 0.3) is 10.9 Å². The number of nitrogens with one attached hydrogen (secondary N) is 2. The van der Waals surface area contributed by atoms with Crippen molar-refractivity contribution in [2.45, 2.75) is 45.9 Å². The van der Waals surface area contributed by atoms with Crippen molar-refractivity contribution in [3.63, 3.8) is 0 Å². The summed E-state index contributed by atoms with van der Waals surface area (Å²) in [5, 5.41) is 4.83. The van der Waals surface area contributed by atoms with Crippen molar-refractivity contribution >= 4 is 28.2 Å². The molecule has 1 atom stereocenters. The number of fused-ring (bicyclic) bond motifs is 1. The number of hydrogen-bond acceptors (Lipinski definition) is 3. The highest BCUT2D eigenvalue weighted by Gasteiger charge is 2.19. The molecule has 0 spiro atoms. The van der Waals surface area contributed by atoms with E-state index in [2.05, 4.69) is 23.3 Å². The molecule has 0 bridgehead atoms. The number of H-pyrrole nitrogens is 1. The van der Waals surface area contributed by atoms with E-state index in [-0.39, 0.29) is 17.5 Å². The number of hydrogen-bond donors (Lipinski definition) is 2. The first-order valence-corrected chi connectivity index (χ1v) is 11.3. The lowest BCUT2D eigenvalue weighted by Gasteiger charge is -2.27. The van der Waals surface area contributed by atoms with Gasteiger partial charge in [0.25, 0.3) is 5.56 Å². The maximum Gasteiger partial charge on any atom is 0.253 e. The molecule has 7 heteroatoms. The summed E-state index contributed by atoms with van der Waals surface area (Å²) in [7, 11) is 0. The van der Waals surface area contributed by atoms with Crippen LogP contribution in [0.1, 0.15) is 35.1 Å². The van der Waals surface area contributed by atoms with E-state index in [1.165, 1.54) is 17.7 Å². The van der Waals surface area contributed by atoms with Gasteiger partial charge in [-0.05, 0) is 91.3 Å². The summed E-state index contributed by atoms with van der Waals surface area (Å²) in [5.41, 5.74) is 4.55. The van der Waals surface area contributed by atoms with Crippen molar-refractivity contribution in [3.8, 4) is 0 Å². The third-order valence-corrected chi connectivity index (χ3v) is 6.38. The van der Waals surface area contributed by atoms with Crippen molar-refractivity contribution in [1.29, 1.82) is 0 Å². The minimum atomic E-state index is -0.281. The van der Waals surface area contributed by atoms with Gasteiger partial charge in [-0.15, -0.1) is 0 Å². The molecule has 2 heterocycles. The van der Waals surface area contributed by atoms with E-state index in [0.717, 1.165) is 41.5 Å². The summed E-state index contributed by atoms with van der Waals surface area (Å²) in [6.45, 7) is 6.30. The van der Waals surface area contributed by atoms with Crippen LogP contribution in [0.15, 0.2) is 47.3 Å². The Kier molecular flexibility index (Phi) is 6.86. The van der Waals surface area contributed by atoms with Crippen molar-refractivity contribution in [3.05, 3.63) is 80.9 Å². The Morgan fingerprint density at radius 2 is 1.94 bits per heavy atom. The van der Waals surface area contributed by atoms with Crippen molar-refractivity contribution in [2.24, 2.45) is 0 Å². The van der Waals surface area contributed by atoms with Gasteiger partial charge in [-0.25, -0.2) is 4.39 Å². The van der Waals surface area contributed by atoms with Gasteiger partial charge in [-0.2, -0.15) is 0 Å². The average molecular weight is 454 g/mol. The zero-order chi connectivity index (χ0) is 22.7. The largest absolute Gasteiger partial charge is 0.376 e. The molecule has 0 saturated carbocycles. The Bertz CT molecular complexity index is 1170. The topological polar surface area (TPSA) is 57.4 Å².